The molecule has 0 amide bonds. The first kappa shape index (κ1) is 8.86. The number of benzene rings is 1. The van der Waals surface area contributed by atoms with E-state index in [2.05, 4.69) is 11.8 Å². The van der Waals surface area contributed by atoms with Gasteiger partial charge in [-0.15, -0.1) is 0 Å². The Labute approximate surface area is 87.2 Å². The summed E-state index contributed by atoms with van der Waals surface area (Å²) in [4.78, 5) is 0. The minimum Gasteiger partial charge on any atom is -0.399 e. The lowest BCUT2D eigenvalue weighted by Crippen LogP contribution is -1.84. The molecule has 0 atom stereocenters. The van der Waals surface area contributed by atoms with Crippen LogP contribution in [0.5, 0.6) is 0 Å². The van der Waals surface area contributed by atoms with E-state index in [0.29, 0.717) is 0 Å². The molecule has 0 saturated heterocycles. The first-order valence-corrected chi connectivity index (χ1v) is 5.18. The van der Waals surface area contributed by atoms with Gasteiger partial charge in [0.05, 0.1) is 0 Å². The molecule has 0 aliphatic heterocycles. The molecule has 1 nitrogen and oxygen atoms in total. The number of nitrogen functional groups attached to an aromatic ring is 1. The lowest BCUT2D eigenvalue weighted by atomic mass is 10.2. The predicted octanol–water partition coefficient (Wildman–Crippen LogP) is 2.73. The average Bonchev–Trinajstić information content (AvgIpc) is 2.67. The van der Waals surface area contributed by atoms with Crippen LogP contribution in [0.15, 0.2) is 41.1 Å². The molecule has 0 radical (unpaired) electrons. The molecule has 0 spiro atoms. The quantitative estimate of drug-likeness (QED) is 0.512. The summed E-state index contributed by atoms with van der Waals surface area (Å²) in [5.41, 5.74) is 8.40. The van der Waals surface area contributed by atoms with Crippen molar-refractivity contribution in [3.8, 4) is 11.8 Å². The Morgan fingerprint density at radius 1 is 1.07 bits per heavy atom. The van der Waals surface area contributed by atoms with Crippen molar-refractivity contribution in [3.05, 3.63) is 52.2 Å². The first-order chi connectivity index (χ1) is 6.84. The van der Waals surface area contributed by atoms with Crippen LogP contribution in [0, 0.1) is 11.8 Å². The van der Waals surface area contributed by atoms with Gasteiger partial charge in [0, 0.05) is 22.2 Å². The Bertz CT molecular complexity index is 475. The number of rotatable bonds is 0. The zero-order valence-corrected chi connectivity index (χ0v) is 8.34. The molecule has 1 aromatic carbocycles. The van der Waals surface area contributed by atoms with Crippen molar-refractivity contribution in [2.45, 2.75) is 0 Å². The van der Waals surface area contributed by atoms with Crippen LogP contribution < -0.4 is 5.73 Å². The van der Waals surface area contributed by atoms with Gasteiger partial charge in [0.2, 0.25) is 0 Å². The van der Waals surface area contributed by atoms with Crippen molar-refractivity contribution in [2.75, 3.05) is 5.73 Å². The van der Waals surface area contributed by atoms with Crippen LogP contribution in [0.25, 0.3) is 0 Å². The van der Waals surface area contributed by atoms with Crippen LogP contribution >= 0.6 is 11.3 Å². The Hall–Kier alpha value is -1.72. The molecule has 2 rings (SSSR count). The van der Waals surface area contributed by atoms with Crippen LogP contribution in [0.3, 0.4) is 0 Å². The first-order valence-electron chi connectivity index (χ1n) is 4.24. The second kappa shape index (κ2) is 3.99. The molecule has 2 N–H and O–H groups in total. The van der Waals surface area contributed by atoms with E-state index in [1.165, 1.54) is 0 Å². The highest BCUT2D eigenvalue weighted by atomic mass is 32.1. The van der Waals surface area contributed by atoms with Gasteiger partial charge in [0.1, 0.15) is 0 Å². The third-order valence-electron chi connectivity index (χ3n) is 1.76. The highest BCUT2D eigenvalue weighted by molar-refractivity contribution is 7.08. The third kappa shape index (κ3) is 2.15. The molecule has 0 saturated carbocycles. The summed E-state index contributed by atoms with van der Waals surface area (Å²) in [7, 11) is 0. The molecule has 0 fully saturated rings. The van der Waals surface area contributed by atoms with Crippen LogP contribution in [-0.4, -0.2) is 0 Å². The molecule has 0 unspecified atom stereocenters. The van der Waals surface area contributed by atoms with E-state index in [0.717, 1.165) is 16.8 Å². The highest BCUT2D eigenvalue weighted by Gasteiger charge is 1.88. The van der Waals surface area contributed by atoms with Gasteiger partial charge in [-0.25, -0.2) is 0 Å². The SMILES string of the molecule is Nc1cccc(C#Cc2ccsc2)c1. The molecule has 2 heteroatoms. The molecule has 1 heterocycles. The van der Waals surface area contributed by atoms with Gasteiger partial charge < -0.3 is 5.73 Å². The molecule has 14 heavy (non-hydrogen) atoms. The van der Waals surface area contributed by atoms with E-state index in [-0.39, 0.29) is 0 Å². The number of hydrogen-bond acceptors (Lipinski definition) is 2. The summed E-state index contributed by atoms with van der Waals surface area (Å²) >= 11 is 1.65. The zero-order valence-electron chi connectivity index (χ0n) is 7.53. The minimum atomic E-state index is 0.752. The number of hydrogen-bond donors (Lipinski definition) is 1. The second-order valence-corrected chi connectivity index (χ2v) is 3.67. The van der Waals surface area contributed by atoms with E-state index < -0.39 is 0 Å². The van der Waals surface area contributed by atoms with E-state index in [4.69, 9.17) is 5.73 Å². The summed E-state index contributed by atoms with van der Waals surface area (Å²) in [5.74, 6) is 6.14. The molecule has 0 aliphatic carbocycles. The molecule has 1 aromatic heterocycles. The molecule has 68 valence electrons. The highest BCUT2D eigenvalue weighted by Crippen LogP contribution is 2.07. The third-order valence-corrected chi connectivity index (χ3v) is 2.44. The van der Waals surface area contributed by atoms with E-state index in [1.807, 2.05) is 41.1 Å². The number of nitrogens with two attached hydrogens (primary N) is 1. The maximum absolute atomic E-state index is 5.64. The van der Waals surface area contributed by atoms with Crippen molar-refractivity contribution < 1.29 is 0 Å². The van der Waals surface area contributed by atoms with Gasteiger partial charge in [-0.3, -0.25) is 0 Å². The van der Waals surface area contributed by atoms with Gasteiger partial charge >= 0.3 is 0 Å². The normalized spacial score (nSPS) is 9.14. The summed E-state index contributed by atoms with van der Waals surface area (Å²) in [5, 5.41) is 4.04. The lowest BCUT2D eigenvalue weighted by molar-refractivity contribution is 1.63. The van der Waals surface area contributed by atoms with Crippen LogP contribution in [0.4, 0.5) is 5.69 Å². The summed E-state index contributed by atoms with van der Waals surface area (Å²) in [6.45, 7) is 0. The van der Waals surface area contributed by atoms with Gasteiger partial charge in [-0.05, 0) is 29.6 Å². The Balaban J connectivity index is 2.26. The van der Waals surface area contributed by atoms with Crippen molar-refractivity contribution in [2.24, 2.45) is 0 Å². The molecule has 0 bridgehead atoms. The number of thiophene rings is 1. The monoisotopic (exact) mass is 199 g/mol. The Morgan fingerprint density at radius 2 is 1.93 bits per heavy atom. The average molecular weight is 199 g/mol. The topological polar surface area (TPSA) is 26.0 Å². The van der Waals surface area contributed by atoms with Gasteiger partial charge in [-0.1, -0.05) is 17.9 Å². The van der Waals surface area contributed by atoms with E-state index >= 15 is 0 Å². The van der Waals surface area contributed by atoms with Crippen molar-refractivity contribution >= 4 is 17.0 Å². The van der Waals surface area contributed by atoms with Crippen molar-refractivity contribution in [1.29, 1.82) is 0 Å². The van der Waals surface area contributed by atoms with E-state index in [9.17, 15) is 0 Å². The Kier molecular flexibility index (Phi) is 2.53. The number of anilines is 1. The summed E-state index contributed by atoms with van der Waals surface area (Å²) in [6.07, 6.45) is 0. The van der Waals surface area contributed by atoms with Crippen LogP contribution in [-0.2, 0) is 0 Å². The zero-order chi connectivity index (χ0) is 9.80. The van der Waals surface area contributed by atoms with Gasteiger partial charge in [0.15, 0.2) is 0 Å². The Morgan fingerprint density at radius 3 is 2.64 bits per heavy atom. The van der Waals surface area contributed by atoms with Crippen molar-refractivity contribution in [3.63, 3.8) is 0 Å². The molecule has 2 aromatic rings. The molecular formula is C12H9NS. The second-order valence-electron chi connectivity index (χ2n) is 2.89. The maximum Gasteiger partial charge on any atom is 0.0356 e. The largest absolute Gasteiger partial charge is 0.399 e. The standard InChI is InChI=1S/C12H9NS/c13-12-3-1-2-10(8-12)4-5-11-6-7-14-9-11/h1-3,6-9H,13H2. The minimum absolute atomic E-state index is 0.752. The van der Waals surface area contributed by atoms with Crippen molar-refractivity contribution in [1.82, 2.24) is 0 Å². The van der Waals surface area contributed by atoms with Gasteiger partial charge in [0.25, 0.3) is 0 Å². The summed E-state index contributed by atoms with van der Waals surface area (Å²) in [6, 6.07) is 9.60. The summed E-state index contributed by atoms with van der Waals surface area (Å²) < 4.78 is 0. The molecular weight excluding hydrogens is 190 g/mol. The fraction of sp³-hybridized carbons (Fsp3) is 0. The fourth-order valence-corrected chi connectivity index (χ4v) is 1.68. The van der Waals surface area contributed by atoms with Crippen LogP contribution in [0.1, 0.15) is 11.1 Å². The lowest BCUT2D eigenvalue weighted by Gasteiger charge is -1.91. The van der Waals surface area contributed by atoms with Gasteiger partial charge in [-0.2, -0.15) is 11.3 Å². The van der Waals surface area contributed by atoms with Crippen LogP contribution in [0.2, 0.25) is 0 Å². The maximum atomic E-state index is 5.64. The molecule has 0 aliphatic rings. The fourth-order valence-electron chi connectivity index (χ4n) is 1.10. The smallest absolute Gasteiger partial charge is 0.0356 e. The predicted molar refractivity (Wildman–Crippen MR) is 61.2 cm³/mol. The van der Waals surface area contributed by atoms with E-state index in [1.54, 1.807) is 11.3 Å².